The summed E-state index contributed by atoms with van der Waals surface area (Å²) in [7, 11) is 1.58. The van der Waals surface area contributed by atoms with Crippen molar-refractivity contribution in [1.29, 1.82) is 0 Å². The predicted molar refractivity (Wildman–Crippen MR) is 98.3 cm³/mol. The molecule has 0 bridgehead atoms. The molecule has 2 amide bonds. The molecule has 2 aromatic carbocycles. The van der Waals surface area contributed by atoms with Crippen LogP contribution in [0.2, 0.25) is 0 Å². The number of rotatable bonds is 4. The standard InChI is InChI=1S/C19H19N3O3/c1-11-17(18-15(20-11)8-5-9-16(18)25-3)19(24)22-14-7-4-6-13(10-14)21-12(2)23/h4-10,20H,1-3H3,(H,21,23)(H,22,24). The molecule has 1 aromatic heterocycles. The highest BCUT2D eigenvalue weighted by Crippen LogP contribution is 2.31. The molecule has 0 aliphatic rings. The van der Waals surface area contributed by atoms with Crippen molar-refractivity contribution in [2.45, 2.75) is 13.8 Å². The van der Waals surface area contributed by atoms with Gasteiger partial charge < -0.3 is 20.4 Å². The lowest BCUT2D eigenvalue weighted by Crippen LogP contribution is -2.13. The van der Waals surface area contributed by atoms with Crippen LogP contribution in [-0.2, 0) is 4.79 Å². The molecule has 0 saturated heterocycles. The Kier molecular flexibility index (Phi) is 4.43. The van der Waals surface area contributed by atoms with Crippen molar-refractivity contribution in [3.63, 3.8) is 0 Å². The maximum atomic E-state index is 12.8. The van der Waals surface area contributed by atoms with E-state index < -0.39 is 0 Å². The lowest BCUT2D eigenvalue weighted by Gasteiger charge is -2.09. The van der Waals surface area contributed by atoms with Crippen molar-refractivity contribution in [1.82, 2.24) is 4.98 Å². The van der Waals surface area contributed by atoms with Crippen LogP contribution in [0.3, 0.4) is 0 Å². The number of hydrogen-bond donors (Lipinski definition) is 3. The van der Waals surface area contributed by atoms with Gasteiger partial charge in [-0.3, -0.25) is 9.59 Å². The summed E-state index contributed by atoms with van der Waals surface area (Å²) in [6.45, 7) is 3.29. The van der Waals surface area contributed by atoms with Crippen molar-refractivity contribution in [3.8, 4) is 5.75 Å². The number of hydrogen-bond acceptors (Lipinski definition) is 3. The average molecular weight is 337 g/mol. The first-order chi connectivity index (χ1) is 12.0. The van der Waals surface area contributed by atoms with E-state index in [9.17, 15) is 9.59 Å². The summed E-state index contributed by atoms with van der Waals surface area (Å²) in [5, 5.41) is 6.32. The van der Waals surface area contributed by atoms with Crippen LogP contribution >= 0.6 is 0 Å². The summed E-state index contributed by atoms with van der Waals surface area (Å²) in [5.41, 5.74) is 3.36. The van der Waals surface area contributed by atoms with Gasteiger partial charge in [-0.2, -0.15) is 0 Å². The maximum absolute atomic E-state index is 12.8. The van der Waals surface area contributed by atoms with Gasteiger partial charge in [-0.25, -0.2) is 0 Å². The van der Waals surface area contributed by atoms with Crippen LogP contribution in [-0.4, -0.2) is 23.9 Å². The first kappa shape index (κ1) is 16.6. The fourth-order valence-electron chi connectivity index (χ4n) is 2.87. The zero-order valence-corrected chi connectivity index (χ0v) is 14.3. The minimum atomic E-state index is -0.242. The van der Waals surface area contributed by atoms with Gasteiger partial charge in [0.05, 0.1) is 23.6 Å². The topological polar surface area (TPSA) is 83.2 Å². The Morgan fingerprint density at radius 1 is 1.04 bits per heavy atom. The van der Waals surface area contributed by atoms with E-state index in [-0.39, 0.29) is 11.8 Å². The maximum Gasteiger partial charge on any atom is 0.258 e. The molecule has 0 fully saturated rings. The average Bonchev–Trinajstić information content (AvgIpc) is 2.90. The number of H-pyrrole nitrogens is 1. The van der Waals surface area contributed by atoms with Crippen molar-refractivity contribution in [2.75, 3.05) is 17.7 Å². The number of carbonyl (C=O) groups excluding carboxylic acids is 2. The van der Waals surface area contributed by atoms with E-state index in [2.05, 4.69) is 15.6 Å². The van der Waals surface area contributed by atoms with E-state index in [1.807, 2.05) is 25.1 Å². The molecular formula is C19H19N3O3. The molecule has 1 heterocycles. The number of ether oxygens (including phenoxy) is 1. The van der Waals surface area contributed by atoms with E-state index in [1.165, 1.54) is 6.92 Å². The van der Waals surface area contributed by atoms with Gasteiger partial charge >= 0.3 is 0 Å². The summed E-state index contributed by atoms with van der Waals surface area (Å²) < 4.78 is 5.40. The van der Waals surface area contributed by atoms with Gasteiger partial charge in [0.1, 0.15) is 5.75 Å². The second-order valence-corrected chi connectivity index (χ2v) is 5.72. The minimum Gasteiger partial charge on any atom is -0.496 e. The van der Waals surface area contributed by atoms with Crippen molar-refractivity contribution >= 4 is 34.1 Å². The second-order valence-electron chi connectivity index (χ2n) is 5.72. The number of aromatic nitrogens is 1. The molecule has 0 unspecified atom stereocenters. The minimum absolute atomic E-state index is 0.166. The lowest BCUT2D eigenvalue weighted by atomic mass is 10.1. The smallest absolute Gasteiger partial charge is 0.258 e. The largest absolute Gasteiger partial charge is 0.496 e. The van der Waals surface area contributed by atoms with Gasteiger partial charge in [0.2, 0.25) is 5.91 Å². The van der Waals surface area contributed by atoms with Crippen LogP contribution in [0.25, 0.3) is 10.9 Å². The Hall–Kier alpha value is -3.28. The molecule has 0 atom stereocenters. The normalized spacial score (nSPS) is 10.5. The Bertz CT molecular complexity index is 960. The van der Waals surface area contributed by atoms with Crippen LogP contribution in [0.4, 0.5) is 11.4 Å². The van der Waals surface area contributed by atoms with Gasteiger partial charge in [0.25, 0.3) is 5.91 Å². The summed E-state index contributed by atoms with van der Waals surface area (Å²) >= 11 is 0. The highest BCUT2D eigenvalue weighted by molar-refractivity contribution is 6.15. The Labute approximate surface area is 145 Å². The third-order valence-corrected chi connectivity index (χ3v) is 3.86. The van der Waals surface area contributed by atoms with Crippen LogP contribution in [0.15, 0.2) is 42.5 Å². The monoisotopic (exact) mass is 337 g/mol. The Balaban J connectivity index is 1.96. The van der Waals surface area contributed by atoms with E-state index >= 15 is 0 Å². The van der Waals surface area contributed by atoms with Crippen molar-refractivity contribution in [2.24, 2.45) is 0 Å². The molecule has 25 heavy (non-hydrogen) atoms. The highest BCUT2D eigenvalue weighted by atomic mass is 16.5. The molecule has 0 spiro atoms. The number of amides is 2. The number of carbonyl (C=O) groups is 2. The van der Waals surface area contributed by atoms with E-state index in [0.717, 1.165) is 16.6 Å². The zero-order valence-electron chi connectivity index (χ0n) is 14.3. The fraction of sp³-hybridized carbons (Fsp3) is 0.158. The second kappa shape index (κ2) is 6.68. The van der Waals surface area contributed by atoms with Gasteiger partial charge in [-0.1, -0.05) is 12.1 Å². The Morgan fingerprint density at radius 3 is 2.40 bits per heavy atom. The van der Waals surface area contributed by atoms with Crippen LogP contribution in [0.5, 0.6) is 5.75 Å². The number of methoxy groups -OCH3 is 1. The van der Waals surface area contributed by atoms with Gasteiger partial charge in [0, 0.05) is 24.0 Å². The molecule has 3 rings (SSSR count). The third-order valence-electron chi connectivity index (χ3n) is 3.86. The highest BCUT2D eigenvalue weighted by Gasteiger charge is 2.19. The van der Waals surface area contributed by atoms with E-state index in [1.54, 1.807) is 31.4 Å². The summed E-state index contributed by atoms with van der Waals surface area (Å²) in [6, 6.07) is 12.6. The van der Waals surface area contributed by atoms with Gasteiger partial charge in [-0.15, -0.1) is 0 Å². The first-order valence-corrected chi connectivity index (χ1v) is 7.84. The molecule has 0 aliphatic carbocycles. The molecule has 0 saturated carbocycles. The summed E-state index contributed by atoms with van der Waals surface area (Å²) in [5.74, 6) is 0.230. The number of fused-ring (bicyclic) bond motifs is 1. The van der Waals surface area contributed by atoms with Crippen LogP contribution in [0.1, 0.15) is 23.0 Å². The molecule has 6 heteroatoms. The predicted octanol–water partition coefficient (Wildman–Crippen LogP) is 3.70. The molecular weight excluding hydrogens is 318 g/mol. The zero-order chi connectivity index (χ0) is 18.0. The quantitative estimate of drug-likeness (QED) is 0.679. The third kappa shape index (κ3) is 3.33. The van der Waals surface area contributed by atoms with E-state index in [4.69, 9.17) is 4.74 Å². The van der Waals surface area contributed by atoms with E-state index in [0.29, 0.717) is 22.7 Å². The van der Waals surface area contributed by atoms with Gasteiger partial charge in [0.15, 0.2) is 0 Å². The molecule has 3 N–H and O–H groups in total. The van der Waals surface area contributed by atoms with Crippen molar-refractivity contribution < 1.29 is 14.3 Å². The van der Waals surface area contributed by atoms with Gasteiger partial charge in [-0.05, 0) is 37.3 Å². The molecule has 3 aromatic rings. The number of aromatic amines is 1. The molecule has 6 nitrogen and oxygen atoms in total. The fourth-order valence-corrected chi connectivity index (χ4v) is 2.87. The SMILES string of the molecule is COc1cccc2[nH]c(C)c(C(=O)Nc3cccc(NC(C)=O)c3)c12. The number of benzene rings is 2. The van der Waals surface area contributed by atoms with Crippen molar-refractivity contribution in [3.05, 3.63) is 53.7 Å². The van der Waals surface area contributed by atoms with Crippen LogP contribution < -0.4 is 15.4 Å². The molecule has 0 radical (unpaired) electrons. The molecule has 0 aliphatic heterocycles. The lowest BCUT2D eigenvalue weighted by molar-refractivity contribution is -0.114. The number of nitrogens with one attached hydrogen (secondary N) is 3. The molecule has 128 valence electrons. The Morgan fingerprint density at radius 2 is 1.72 bits per heavy atom. The number of aryl methyl sites for hydroxylation is 1. The summed E-state index contributed by atoms with van der Waals surface area (Å²) in [4.78, 5) is 27.2. The summed E-state index contributed by atoms with van der Waals surface area (Å²) in [6.07, 6.45) is 0. The van der Waals surface area contributed by atoms with Crippen LogP contribution in [0, 0.1) is 6.92 Å². The first-order valence-electron chi connectivity index (χ1n) is 7.84. The number of anilines is 2.